The van der Waals surface area contributed by atoms with Crippen LogP contribution in [0.2, 0.25) is 10.0 Å². The number of hydrogen-bond acceptors (Lipinski definition) is 2. The molecule has 86 valence electrons. The molecule has 1 aromatic carbocycles. The lowest BCUT2D eigenvalue weighted by molar-refractivity contribution is 0.170. The Bertz CT molecular complexity index is 395. The van der Waals surface area contributed by atoms with Gasteiger partial charge < -0.3 is 9.84 Å². The third kappa shape index (κ3) is 2.34. The molecule has 1 N–H and O–H groups in total. The monoisotopic (exact) mass is 258 g/mol. The molecule has 0 radical (unpaired) electrons. The summed E-state index contributed by atoms with van der Waals surface area (Å²) in [5, 5.41) is 11.1. The molecule has 1 aromatic rings. The highest BCUT2D eigenvalue weighted by molar-refractivity contribution is 6.36. The van der Waals surface area contributed by atoms with Crippen LogP contribution < -0.4 is 0 Å². The minimum absolute atomic E-state index is 0.478. The van der Waals surface area contributed by atoms with E-state index in [1.807, 2.05) is 0 Å². The Morgan fingerprint density at radius 3 is 2.50 bits per heavy atom. The van der Waals surface area contributed by atoms with E-state index < -0.39 is 6.10 Å². The van der Waals surface area contributed by atoms with Crippen molar-refractivity contribution in [3.05, 3.63) is 45.6 Å². The normalized spacial score (nSPS) is 17.6. The first kappa shape index (κ1) is 11.8. The van der Waals surface area contributed by atoms with Crippen LogP contribution in [0.5, 0.6) is 0 Å². The van der Waals surface area contributed by atoms with Crippen molar-refractivity contribution in [2.24, 2.45) is 0 Å². The van der Waals surface area contributed by atoms with Gasteiger partial charge in [0.2, 0.25) is 0 Å². The largest absolute Gasteiger partial charge is 0.501 e. The number of ether oxygens (including phenoxy) is 1. The molecule has 1 aliphatic rings. The van der Waals surface area contributed by atoms with Crippen LogP contribution in [0.3, 0.4) is 0 Å². The number of halogens is 2. The first-order valence-corrected chi connectivity index (χ1v) is 5.88. The van der Waals surface area contributed by atoms with E-state index in [0.29, 0.717) is 22.2 Å². The van der Waals surface area contributed by atoms with Gasteiger partial charge in [-0.2, -0.15) is 0 Å². The Balaban J connectivity index is 2.33. The fraction of sp³-hybridized carbons (Fsp3) is 0.333. The smallest absolute Gasteiger partial charge is 0.106 e. The summed E-state index contributed by atoms with van der Waals surface area (Å²) in [4.78, 5) is 0. The summed E-state index contributed by atoms with van der Waals surface area (Å²) in [6, 6.07) is 5.19. The highest BCUT2D eigenvalue weighted by Crippen LogP contribution is 2.36. The lowest BCUT2D eigenvalue weighted by Crippen LogP contribution is -2.08. The van der Waals surface area contributed by atoms with Crippen LogP contribution in [0.1, 0.15) is 24.5 Å². The van der Waals surface area contributed by atoms with Gasteiger partial charge in [-0.15, -0.1) is 0 Å². The third-order valence-corrected chi connectivity index (χ3v) is 3.25. The van der Waals surface area contributed by atoms with Gasteiger partial charge in [0.25, 0.3) is 0 Å². The second-order valence-corrected chi connectivity index (χ2v) is 4.52. The third-order valence-electron chi connectivity index (χ3n) is 2.59. The van der Waals surface area contributed by atoms with Crippen molar-refractivity contribution in [1.82, 2.24) is 0 Å². The van der Waals surface area contributed by atoms with Gasteiger partial charge in [0, 0.05) is 15.6 Å². The van der Waals surface area contributed by atoms with Crippen molar-refractivity contribution in [1.29, 1.82) is 0 Å². The van der Waals surface area contributed by atoms with Gasteiger partial charge >= 0.3 is 0 Å². The minimum atomic E-state index is -0.776. The maximum Gasteiger partial charge on any atom is 0.106 e. The van der Waals surface area contributed by atoms with Crippen LogP contribution in [0.15, 0.2) is 30.0 Å². The van der Waals surface area contributed by atoms with E-state index in [0.717, 1.165) is 18.4 Å². The van der Waals surface area contributed by atoms with Crippen molar-refractivity contribution < 1.29 is 9.84 Å². The summed E-state index contributed by atoms with van der Waals surface area (Å²) in [7, 11) is 0. The summed E-state index contributed by atoms with van der Waals surface area (Å²) < 4.78 is 5.20. The summed E-state index contributed by atoms with van der Waals surface area (Å²) in [5.41, 5.74) is 1.38. The molecule has 0 fully saturated rings. The molecular weight excluding hydrogens is 247 g/mol. The van der Waals surface area contributed by atoms with E-state index in [9.17, 15) is 5.11 Å². The molecule has 0 spiro atoms. The number of rotatable bonds is 2. The van der Waals surface area contributed by atoms with E-state index in [1.54, 1.807) is 24.5 Å². The van der Waals surface area contributed by atoms with Gasteiger partial charge in [-0.1, -0.05) is 29.3 Å². The Kier molecular flexibility index (Phi) is 3.74. The molecule has 1 aliphatic heterocycles. The predicted octanol–water partition coefficient (Wildman–Crippen LogP) is 3.72. The molecular formula is C12H12Cl2O2. The van der Waals surface area contributed by atoms with Crippen LogP contribution in [0, 0.1) is 0 Å². The Hall–Kier alpha value is -0.700. The van der Waals surface area contributed by atoms with Crippen LogP contribution in [-0.4, -0.2) is 11.7 Å². The minimum Gasteiger partial charge on any atom is -0.501 e. The summed E-state index contributed by atoms with van der Waals surface area (Å²) in [6.45, 7) is 0.701. The number of aliphatic hydroxyl groups is 1. The highest BCUT2D eigenvalue weighted by atomic mass is 35.5. The first-order valence-electron chi connectivity index (χ1n) is 5.12. The van der Waals surface area contributed by atoms with Crippen LogP contribution in [-0.2, 0) is 4.74 Å². The maximum atomic E-state index is 10.2. The zero-order valence-electron chi connectivity index (χ0n) is 8.62. The molecule has 0 amide bonds. The zero-order chi connectivity index (χ0) is 11.5. The average molecular weight is 259 g/mol. The van der Waals surface area contributed by atoms with Gasteiger partial charge in [0.05, 0.1) is 12.9 Å². The van der Waals surface area contributed by atoms with Crippen molar-refractivity contribution in [3.8, 4) is 0 Å². The van der Waals surface area contributed by atoms with E-state index in [4.69, 9.17) is 27.9 Å². The molecule has 1 heterocycles. The summed E-state index contributed by atoms with van der Waals surface area (Å²) >= 11 is 12.1. The highest BCUT2D eigenvalue weighted by Gasteiger charge is 2.21. The second-order valence-electron chi connectivity index (χ2n) is 3.70. The summed E-state index contributed by atoms with van der Waals surface area (Å²) in [6.07, 6.45) is 2.54. The SMILES string of the molecule is OC(C1=COCCC1)c1c(Cl)cccc1Cl. The molecule has 2 nitrogen and oxygen atoms in total. The lowest BCUT2D eigenvalue weighted by atomic mass is 9.98. The van der Waals surface area contributed by atoms with Crippen molar-refractivity contribution in [2.75, 3.05) is 6.61 Å². The topological polar surface area (TPSA) is 29.5 Å². The molecule has 0 bridgehead atoms. The van der Waals surface area contributed by atoms with Gasteiger partial charge in [0.15, 0.2) is 0 Å². The van der Waals surface area contributed by atoms with Crippen molar-refractivity contribution >= 4 is 23.2 Å². The van der Waals surface area contributed by atoms with Gasteiger partial charge in [0.1, 0.15) is 6.10 Å². The zero-order valence-corrected chi connectivity index (χ0v) is 10.1. The molecule has 0 saturated carbocycles. The van der Waals surface area contributed by atoms with E-state index in [1.165, 1.54) is 0 Å². The quantitative estimate of drug-likeness (QED) is 0.877. The van der Waals surface area contributed by atoms with Crippen LogP contribution in [0.25, 0.3) is 0 Å². The summed E-state index contributed by atoms with van der Waals surface area (Å²) in [5.74, 6) is 0. The van der Waals surface area contributed by atoms with Crippen molar-refractivity contribution in [3.63, 3.8) is 0 Å². The number of aliphatic hydroxyl groups excluding tert-OH is 1. The number of benzene rings is 1. The molecule has 16 heavy (non-hydrogen) atoms. The lowest BCUT2D eigenvalue weighted by Gasteiger charge is -2.20. The van der Waals surface area contributed by atoms with Gasteiger partial charge in [-0.25, -0.2) is 0 Å². The Morgan fingerprint density at radius 1 is 1.25 bits per heavy atom. The first-order chi connectivity index (χ1) is 7.70. The molecule has 4 heteroatoms. The van der Waals surface area contributed by atoms with Crippen LogP contribution in [0.4, 0.5) is 0 Å². The molecule has 1 unspecified atom stereocenters. The van der Waals surface area contributed by atoms with E-state index >= 15 is 0 Å². The Morgan fingerprint density at radius 2 is 1.94 bits per heavy atom. The van der Waals surface area contributed by atoms with Gasteiger partial charge in [-0.3, -0.25) is 0 Å². The van der Waals surface area contributed by atoms with Gasteiger partial charge in [-0.05, 0) is 30.5 Å². The molecule has 0 aliphatic carbocycles. The van der Waals surface area contributed by atoms with E-state index in [2.05, 4.69) is 0 Å². The molecule has 1 atom stereocenters. The second kappa shape index (κ2) is 5.09. The fourth-order valence-electron chi connectivity index (χ4n) is 1.74. The standard InChI is InChI=1S/C12H12Cl2O2/c13-9-4-1-5-10(14)11(9)12(15)8-3-2-6-16-7-8/h1,4-5,7,12,15H,2-3,6H2. The van der Waals surface area contributed by atoms with E-state index in [-0.39, 0.29) is 0 Å². The average Bonchev–Trinajstić information content (AvgIpc) is 2.30. The predicted molar refractivity (Wildman–Crippen MR) is 64.7 cm³/mol. The van der Waals surface area contributed by atoms with Crippen LogP contribution >= 0.6 is 23.2 Å². The molecule has 0 saturated heterocycles. The molecule has 0 aromatic heterocycles. The number of hydrogen-bond donors (Lipinski definition) is 1. The molecule has 2 rings (SSSR count). The Labute approximate surface area is 104 Å². The maximum absolute atomic E-state index is 10.2. The fourth-order valence-corrected chi connectivity index (χ4v) is 2.35. The van der Waals surface area contributed by atoms with Crippen molar-refractivity contribution in [2.45, 2.75) is 18.9 Å².